The second kappa shape index (κ2) is 7.00. The Morgan fingerprint density at radius 2 is 2.04 bits per heavy atom. The summed E-state index contributed by atoms with van der Waals surface area (Å²) < 4.78 is 0. The maximum absolute atomic E-state index is 12.8. The van der Waals surface area contributed by atoms with Gasteiger partial charge in [-0.25, -0.2) is 0 Å². The molecule has 1 fully saturated rings. The van der Waals surface area contributed by atoms with E-state index < -0.39 is 5.92 Å². The molecule has 0 aliphatic carbocycles. The van der Waals surface area contributed by atoms with Crippen molar-refractivity contribution in [3.8, 4) is 0 Å². The SMILES string of the molecule is Cc1ccc(N2CC(C(=O)Nc3cccc4cccnc34)CC2=O)cc1Cl. The Morgan fingerprint density at radius 1 is 1.22 bits per heavy atom. The number of aryl methyl sites for hydroxylation is 1. The van der Waals surface area contributed by atoms with Crippen LogP contribution in [0.3, 0.4) is 0 Å². The molecule has 5 nitrogen and oxygen atoms in total. The molecule has 1 unspecified atom stereocenters. The summed E-state index contributed by atoms with van der Waals surface area (Å²) in [5, 5.41) is 4.49. The standard InChI is InChI=1S/C21H18ClN3O2/c1-13-7-8-16(11-17(13)22)25-12-15(10-19(25)26)21(27)24-18-6-2-4-14-5-3-9-23-20(14)18/h2-9,11,15H,10,12H2,1H3,(H,24,27). The van der Waals surface area contributed by atoms with E-state index in [0.29, 0.717) is 17.3 Å². The number of nitrogens with zero attached hydrogens (tertiary/aromatic N) is 2. The number of halogens is 1. The Labute approximate surface area is 162 Å². The molecule has 1 aliphatic rings. The number of aromatic nitrogens is 1. The van der Waals surface area contributed by atoms with Crippen molar-refractivity contribution in [1.82, 2.24) is 4.98 Å². The number of pyridine rings is 1. The maximum Gasteiger partial charge on any atom is 0.229 e. The van der Waals surface area contributed by atoms with Gasteiger partial charge in [0, 0.05) is 35.3 Å². The third-order valence-corrected chi connectivity index (χ3v) is 5.26. The zero-order chi connectivity index (χ0) is 19.0. The highest BCUT2D eigenvalue weighted by Crippen LogP contribution is 2.30. The summed E-state index contributed by atoms with van der Waals surface area (Å²) >= 11 is 6.18. The van der Waals surface area contributed by atoms with Gasteiger partial charge in [0.05, 0.1) is 17.1 Å². The topological polar surface area (TPSA) is 62.3 Å². The Balaban J connectivity index is 1.53. The number of fused-ring (bicyclic) bond motifs is 1. The van der Waals surface area contributed by atoms with Crippen LogP contribution in [-0.4, -0.2) is 23.3 Å². The molecule has 4 rings (SSSR count). The summed E-state index contributed by atoms with van der Waals surface area (Å²) in [5.41, 5.74) is 3.06. The third-order valence-electron chi connectivity index (χ3n) is 4.85. The highest BCUT2D eigenvalue weighted by Gasteiger charge is 2.35. The fraction of sp³-hybridized carbons (Fsp3) is 0.190. The van der Waals surface area contributed by atoms with Gasteiger partial charge in [-0.05, 0) is 36.8 Å². The highest BCUT2D eigenvalue weighted by atomic mass is 35.5. The van der Waals surface area contributed by atoms with Crippen LogP contribution in [0.1, 0.15) is 12.0 Å². The number of carbonyl (C=O) groups is 2. The van der Waals surface area contributed by atoms with E-state index >= 15 is 0 Å². The predicted octanol–water partition coefficient (Wildman–Crippen LogP) is 4.19. The van der Waals surface area contributed by atoms with E-state index in [1.807, 2.05) is 49.4 Å². The average Bonchev–Trinajstić information content (AvgIpc) is 3.06. The first-order valence-electron chi connectivity index (χ1n) is 8.74. The predicted molar refractivity (Wildman–Crippen MR) is 107 cm³/mol. The number of anilines is 2. The Morgan fingerprint density at radius 3 is 2.85 bits per heavy atom. The molecule has 136 valence electrons. The first-order chi connectivity index (χ1) is 13.0. The van der Waals surface area contributed by atoms with Gasteiger partial charge in [-0.15, -0.1) is 0 Å². The van der Waals surface area contributed by atoms with E-state index in [0.717, 1.165) is 22.2 Å². The first kappa shape index (κ1) is 17.5. The molecule has 27 heavy (non-hydrogen) atoms. The lowest BCUT2D eigenvalue weighted by molar-refractivity contribution is -0.122. The minimum atomic E-state index is -0.420. The molecule has 2 heterocycles. The summed E-state index contributed by atoms with van der Waals surface area (Å²) in [6.07, 6.45) is 1.87. The van der Waals surface area contributed by atoms with Gasteiger partial charge in [0.15, 0.2) is 0 Å². The lowest BCUT2D eigenvalue weighted by Crippen LogP contribution is -2.28. The fourth-order valence-electron chi connectivity index (χ4n) is 3.32. The van der Waals surface area contributed by atoms with Crippen LogP contribution in [-0.2, 0) is 9.59 Å². The van der Waals surface area contributed by atoms with Gasteiger partial charge < -0.3 is 10.2 Å². The number of hydrogen-bond donors (Lipinski definition) is 1. The maximum atomic E-state index is 12.8. The molecule has 0 radical (unpaired) electrons. The molecule has 1 aliphatic heterocycles. The summed E-state index contributed by atoms with van der Waals surface area (Å²) in [6.45, 7) is 2.24. The largest absolute Gasteiger partial charge is 0.324 e. The molecule has 1 aromatic heterocycles. The summed E-state index contributed by atoms with van der Waals surface area (Å²) in [4.78, 5) is 31.2. The summed E-state index contributed by atoms with van der Waals surface area (Å²) in [6, 6.07) is 14.9. The molecule has 1 saturated heterocycles. The minimum absolute atomic E-state index is 0.0777. The van der Waals surface area contributed by atoms with Crippen molar-refractivity contribution in [2.45, 2.75) is 13.3 Å². The zero-order valence-electron chi connectivity index (χ0n) is 14.8. The molecule has 1 atom stereocenters. The smallest absolute Gasteiger partial charge is 0.229 e. The summed E-state index contributed by atoms with van der Waals surface area (Å²) in [5.74, 6) is -0.676. The van der Waals surface area contributed by atoms with Crippen LogP contribution >= 0.6 is 11.6 Å². The van der Waals surface area contributed by atoms with E-state index in [4.69, 9.17) is 11.6 Å². The number of para-hydroxylation sites is 1. The van der Waals surface area contributed by atoms with Crippen molar-refractivity contribution in [3.05, 3.63) is 65.3 Å². The van der Waals surface area contributed by atoms with Crippen molar-refractivity contribution in [2.75, 3.05) is 16.8 Å². The van der Waals surface area contributed by atoms with Crippen molar-refractivity contribution in [2.24, 2.45) is 5.92 Å². The molecule has 1 N–H and O–H groups in total. The summed E-state index contributed by atoms with van der Waals surface area (Å²) in [7, 11) is 0. The van der Waals surface area contributed by atoms with Gasteiger partial charge in [0.2, 0.25) is 11.8 Å². The first-order valence-corrected chi connectivity index (χ1v) is 9.12. The number of rotatable bonds is 3. The van der Waals surface area contributed by atoms with Gasteiger partial charge in [-0.3, -0.25) is 14.6 Å². The Bertz CT molecular complexity index is 1050. The number of benzene rings is 2. The molecule has 2 aromatic carbocycles. The molecule has 0 saturated carbocycles. The van der Waals surface area contributed by atoms with Crippen LogP contribution < -0.4 is 10.2 Å². The van der Waals surface area contributed by atoms with Gasteiger partial charge in [-0.2, -0.15) is 0 Å². The lowest BCUT2D eigenvalue weighted by atomic mass is 10.1. The van der Waals surface area contributed by atoms with E-state index in [-0.39, 0.29) is 18.2 Å². The number of amides is 2. The molecular weight excluding hydrogens is 362 g/mol. The van der Waals surface area contributed by atoms with Crippen LogP contribution in [0.15, 0.2) is 54.7 Å². The van der Waals surface area contributed by atoms with Crippen LogP contribution in [0.25, 0.3) is 10.9 Å². The van der Waals surface area contributed by atoms with Gasteiger partial charge in [-0.1, -0.05) is 35.9 Å². The molecule has 2 amide bonds. The lowest BCUT2D eigenvalue weighted by Gasteiger charge is -2.17. The van der Waals surface area contributed by atoms with Crippen LogP contribution in [0.4, 0.5) is 11.4 Å². The normalized spacial score (nSPS) is 16.7. The average molecular weight is 380 g/mol. The van der Waals surface area contributed by atoms with Crippen molar-refractivity contribution in [3.63, 3.8) is 0 Å². The second-order valence-electron chi connectivity index (χ2n) is 6.71. The van der Waals surface area contributed by atoms with E-state index in [1.165, 1.54) is 0 Å². The second-order valence-corrected chi connectivity index (χ2v) is 7.12. The van der Waals surface area contributed by atoms with E-state index in [9.17, 15) is 9.59 Å². The molecule has 0 spiro atoms. The highest BCUT2D eigenvalue weighted by molar-refractivity contribution is 6.31. The zero-order valence-corrected chi connectivity index (χ0v) is 15.5. The molecule has 6 heteroatoms. The van der Waals surface area contributed by atoms with Crippen LogP contribution in [0.5, 0.6) is 0 Å². The number of carbonyl (C=O) groups excluding carboxylic acids is 2. The van der Waals surface area contributed by atoms with Gasteiger partial charge in [0.25, 0.3) is 0 Å². The molecular formula is C21H18ClN3O2. The van der Waals surface area contributed by atoms with Crippen molar-refractivity contribution < 1.29 is 9.59 Å². The van der Waals surface area contributed by atoms with Crippen molar-refractivity contribution >= 4 is 45.7 Å². The Hall–Kier alpha value is -2.92. The van der Waals surface area contributed by atoms with Crippen molar-refractivity contribution in [1.29, 1.82) is 0 Å². The van der Waals surface area contributed by atoms with Crippen LogP contribution in [0, 0.1) is 12.8 Å². The fourth-order valence-corrected chi connectivity index (χ4v) is 3.50. The van der Waals surface area contributed by atoms with Crippen LogP contribution in [0.2, 0.25) is 5.02 Å². The monoisotopic (exact) mass is 379 g/mol. The van der Waals surface area contributed by atoms with E-state index in [1.54, 1.807) is 17.2 Å². The van der Waals surface area contributed by atoms with Gasteiger partial charge in [0.1, 0.15) is 0 Å². The number of nitrogens with one attached hydrogen (secondary N) is 1. The quantitative estimate of drug-likeness (QED) is 0.742. The van der Waals surface area contributed by atoms with E-state index in [2.05, 4.69) is 10.3 Å². The number of hydrogen-bond acceptors (Lipinski definition) is 3. The molecule has 3 aromatic rings. The molecule has 0 bridgehead atoms. The van der Waals surface area contributed by atoms with Gasteiger partial charge >= 0.3 is 0 Å². The Kier molecular flexibility index (Phi) is 4.54. The minimum Gasteiger partial charge on any atom is -0.324 e. The third kappa shape index (κ3) is 3.38.